The summed E-state index contributed by atoms with van der Waals surface area (Å²) in [6.07, 6.45) is 3.10. The summed E-state index contributed by atoms with van der Waals surface area (Å²) in [6, 6.07) is -0.380. The molecule has 2 aliphatic rings. The topological polar surface area (TPSA) is 58.6 Å². The molecule has 2 heterocycles. The van der Waals surface area contributed by atoms with Crippen LogP contribution in [0, 0.1) is 5.92 Å². The van der Waals surface area contributed by atoms with E-state index in [2.05, 4.69) is 26.1 Å². The molecule has 5 heteroatoms. The van der Waals surface area contributed by atoms with Gasteiger partial charge in [0, 0.05) is 26.1 Å². The highest BCUT2D eigenvalue weighted by molar-refractivity contribution is 5.90. The number of amides is 2. The molecule has 2 unspecified atom stereocenters. The molecule has 2 rings (SSSR count). The lowest BCUT2D eigenvalue weighted by atomic mass is 10.00. The minimum Gasteiger partial charge on any atom is -0.373 e. The van der Waals surface area contributed by atoms with Gasteiger partial charge in [0.2, 0.25) is 11.8 Å². The highest BCUT2D eigenvalue weighted by Crippen LogP contribution is 2.27. The van der Waals surface area contributed by atoms with Gasteiger partial charge in [0.1, 0.15) is 6.04 Å². The third-order valence-corrected chi connectivity index (χ3v) is 4.09. The molecular weight excluding hydrogens is 256 g/mol. The molecule has 0 aromatic rings. The molecule has 0 spiro atoms. The SMILES string of the molecule is CC(C)CC1NC(=O)CCN(CC2(C)CCCO2)C1=O. The van der Waals surface area contributed by atoms with Crippen molar-refractivity contribution in [2.75, 3.05) is 19.7 Å². The molecule has 0 aromatic heterocycles. The Morgan fingerprint density at radius 3 is 2.80 bits per heavy atom. The first-order valence-electron chi connectivity index (χ1n) is 7.62. The molecule has 2 fully saturated rings. The number of hydrogen-bond donors (Lipinski definition) is 1. The van der Waals surface area contributed by atoms with Crippen LogP contribution in [-0.4, -0.2) is 48.1 Å². The highest BCUT2D eigenvalue weighted by atomic mass is 16.5. The van der Waals surface area contributed by atoms with Crippen LogP contribution in [0.5, 0.6) is 0 Å². The third-order valence-electron chi connectivity index (χ3n) is 4.09. The van der Waals surface area contributed by atoms with Crippen molar-refractivity contribution in [1.29, 1.82) is 0 Å². The number of ether oxygens (including phenoxy) is 1. The van der Waals surface area contributed by atoms with Crippen molar-refractivity contribution in [3.63, 3.8) is 0 Å². The normalized spacial score (nSPS) is 31.6. The van der Waals surface area contributed by atoms with Gasteiger partial charge < -0.3 is 15.0 Å². The summed E-state index contributed by atoms with van der Waals surface area (Å²) >= 11 is 0. The maximum Gasteiger partial charge on any atom is 0.245 e. The highest BCUT2D eigenvalue weighted by Gasteiger charge is 2.37. The lowest BCUT2D eigenvalue weighted by Crippen LogP contribution is -2.49. The van der Waals surface area contributed by atoms with Gasteiger partial charge in [0.25, 0.3) is 0 Å². The van der Waals surface area contributed by atoms with Crippen molar-refractivity contribution in [2.45, 2.75) is 58.1 Å². The van der Waals surface area contributed by atoms with Crippen molar-refractivity contribution in [3.05, 3.63) is 0 Å². The molecule has 0 bridgehead atoms. The Labute approximate surface area is 121 Å². The van der Waals surface area contributed by atoms with Crippen LogP contribution >= 0.6 is 0 Å². The Bertz CT molecular complexity index is 375. The Hall–Kier alpha value is -1.10. The maximum atomic E-state index is 12.6. The number of hydrogen-bond acceptors (Lipinski definition) is 3. The van der Waals surface area contributed by atoms with Crippen LogP contribution in [0.15, 0.2) is 0 Å². The Morgan fingerprint density at radius 2 is 2.20 bits per heavy atom. The van der Waals surface area contributed by atoms with E-state index < -0.39 is 0 Å². The van der Waals surface area contributed by atoms with E-state index in [-0.39, 0.29) is 23.5 Å². The van der Waals surface area contributed by atoms with Crippen molar-refractivity contribution >= 4 is 11.8 Å². The van der Waals surface area contributed by atoms with E-state index in [4.69, 9.17) is 4.74 Å². The maximum absolute atomic E-state index is 12.6. The van der Waals surface area contributed by atoms with Gasteiger partial charge in [-0.3, -0.25) is 9.59 Å². The van der Waals surface area contributed by atoms with E-state index >= 15 is 0 Å². The Kier molecular flexibility index (Phi) is 4.68. The molecule has 0 radical (unpaired) electrons. The third kappa shape index (κ3) is 3.72. The lowest BCUT2D eigenvalue weighted by molar-refractivity contribution is -0.137. The predicted octanol–water partition coefficient (Wildman–Crippen LogP) is 1.32. The minimum absolute atomic E-state index is 0.0241. The summed E-state index contributed by atoms with van der Waals surface area (Å²) in [5.41, 5.74) is -0.245. The first kappa shape index (κ1) is 15.3. The second-order valence-electron chi connectivity index (χ2n) is 6.66. The fourth-order valence-electron chi connectivity index (χ4n) is 3.05. The first-order chi connectivity index (χ1) is 9.39. The largest absolute Gasteiger partial charge is 0.373 e. The van der Waals surface area contributed by atoms with Crippen molar-refractivity contribution < 1.29 is 14.3 Å². The van der Waals surface area contributed by atoms with E-state index in [1.807, 2.05) is 4.90 Å². The minimum atomic E-state index is -0.380. The van der Waals surface area contributed by atoms with Crippen LogP contribution in [-0.2, 0) is 14.3 Å². The smallest absolute Gasteiger partial charge is 0.245 e. The van der Waals surface area contributed by atoms with Gasteiger partial charge in [-0.05, 0) is 32.1 Å². The van der Waals surface area contributed by atoms with E-state index in [0.29, 0.717) is 31.8 Å². The zero-order valence-electron chi connectivity index (χ0n) is 12.8. The van der Waals surface area contributed by atoms with E-state index in [1.54, 1.807) is 0 Å². The van der Waals surface area contributed by atoms with Crippen molar-refractivity contribution in [1.82, 2.24) is 10.2 Å². The molecule has 0 aromatic carbocycles. The van der Waals surface area contributed by atoms with Gasteiger partial charge in [-0.1, -0.05) is 13.8 Å². The van der Waals surface area contributed by atoms with Crippen molar-refractivity contribution in [3.8, 4) is 0 Å². The lowest BCUT2D eigenvalue weighted by Gasteiger charge is -2.32. The fraction of sp³-hybridized carbons (Fsp3) is 0.867. The Balaban J connectivity index is 2.06. The number of nitrogens with zero attached hydrogens (tertiary/aromatic N) is 1. The van der Waals surface area contributed by atoms with E-state index in [1.165, 1.54) is 0 Å². The summed E-state index contributed by atoms with van der Waals surface area (Å²) < 4.78 is 5.78. The molecule has 2 aliphatic heterocycles. The van der Waals surface area contributed by atoms with Gasteiger partial charge in [0.15, 0.2) is 0 Å². The van der Waals surface area contributed by atoms with E-state index in [0.717, 1.165) is 19.4 Å². The van der Waals surface area contributed by atoms with Crippen LogP contribution in [0.3, 0.4) is 0 Å². The standard InChI is InChI=1S/C15H26N2O3/c1-11(2)9-12-14(19)17(7-5-13(18)16-12)10-15(3)6-4-8-20-15/h11-12H,4-10H2,1-3H3,(H,16,18). The summed E-state index contributed by atoms with van der Waals surface area (Å²) in [5.74, 6) is 0.396. The zero-order chi connectivity index (χ0) is 14.8. The van der Waals surface area contributed by atoms with Gasteiger partial charge in [-0.25, -0.2) is 0 Å². The van der Waals surface area contributed by atoms with Gasteiger partial charge in [-0.2, -0.15) is 0 Å². The average Bonchev–Trinajstić information content (AvgIpc) is 2.74. The summed E-state index contributed by atoms with van der Waals surface area (Å²) in [5, 5.41) is 2.86. The number of nitrogens with one attached hydrogen (secondary N) is 1. The molecule has 2 amide bonds. The second kappa shape index (κ2) is 6.12. The van der Waals surface area contributed by atoms with Crippen LogP contribution < -0.4 is 5.32 Å². The molecule has 1 N–H and O–H groups in total. The summed E-state index contributed by atoms with van der Waals surface area (Å²) in [7, 11) is 0. The average molecular weight is 282 g/mol. The van der Waals surface area contributed by atoms with Gasteiger partial charge in [-0.15, -0.1) is 0 Å². The molecular formula is C15H26N2O3. The number of carbonyl (C=O) groups excluding carboxylic acids is 2. The molecule has 0 aliphatic carbocycles. The van der Waals surface area contributed by atoms with Crippen LogP contribution in [0.25, 0.3) is 0 Å². The quantitative estimate of drug-likeness (QED) is 0.846. The molecule has 0 saturated carbocycles. The summed E-state index contributed by atoms with van der Waals surface area (Å²) in [6.45, 7) is 8.05. The van der Waals surface area contributed by atoms with Gasteiger partial charge >= 0.3 is 0 Å². The molecule has 20 heavy (non-hydrogen) atoms. The Morgan fingerprint density at radius 1 is 1.45 bits per heavy atom. The van der Waals surface area contributed by atoms with Crippen LogP contribution in [0.1, 0.15) is 46.5 Å². The van der Waals surface area contributed by atoms with Crippen LogP contribution in [0.2, 0.25) is 0 Å². The molecule has 114 valence electrons. The molecule has 5 nitrogen and oxygen atoms in total. The predicted molar refractivity (Wildman–Crippen MR) is 76.2 cm³/mol. The zero-order valence-corrected chi connectivity index (χ0v) is 12.8. The number of rotatable bonds is 4. The first-order valence-corrected chi connectivity index (χ1v) is 7.62. The van der Waals surface area contributed by atoms with Crippen molar-refractivity contribution in [2.24, 2.45) is 5.92 Å². The van der Waals surface area contributed by atoms with Gasteiger partial charge in [0.05, 0.1) is 5.60 Å². The second-order valence-corrected chi connectivity index (χ2v) is 6.66. The monoisotopic (exact) mass is 282 g/mol. The van der Waals surface area contributed by atoms with E-state index in [9.17, 15) is 9.59 Å². The molecule has 2 saturated heterocycles. The van der Waals surface area contributed by atoms with Crippen LogP contribution in [0.4, 0.5) is 0 Å². The number of carbonyl (C=O) groups is 2. The summed E-state index contributed by atoms with van der Waals surface area (Å²) in [4.78, 5) is 26.2. The fourth-order valence-corrected chi connectivity index (χ4v) is 3.05. The molecule has 2 atom stereocenters.